The first-order chi connectivity index (χ1) is 13.0. The minimum atomic E-state index is -4.33. The van der Waals surface area contributed by atoms with Gasteiger partial charge in [-0.05, 0) is 54.5 Å². The van der Waals surface area contributed by atoms with Gasteiger partial charge in [0.05, 0.1) is 0 Å². The van der Waals surface area contributed by atoms with E-state index in [1.54, 1.807) is 13.1 Å². The number of fused-ring (bicyclic) bond motifs is 1. The number of rotatable bonds is 4. The molecule has 0 amide bonds. The summed E-state index contributed by atoms with van der Waals surface area (Å²) in [6.45, 7) is 7.21. The number of aliphatic hydroxyl groups excluding tert-OH is 1. The first-order valence-corrected chi connectivity index (χ1v) is 9.21. The molecule has 0 fully saturated rings. The molecule has 28 heavy (non-hydrogen) atoms. The Kier molecular flexibility index (Phi) is 5.42. The third kappa shape index (κ3) is 3.61. The Balaban J connectivity index is 2.00. The van der Waals surface area contributed by atoms with E-state index in [4.69, 9.17) is 4.74 Å². The molecule has 0 radical (unpaired) electrons. The van der Waals surface area contributed by atoms with Gasteiger partial charge in [0.25, 0.3) is 0 Å². The summed E-state index contributed by atoms with van der Waals surface area (Å²) in [7, 11) is 1.41. The molecule has 1 aliphatic carbocycles. The molecule has 152 valence electrons. The molecule has 1 aliphatic rings. The van der Waals surface area contributed by atoms with Crippen LogP contribution in [0, 0.1) is 19.8 Å². The molecule has 3 unspecified atom stereocenters. The Morgan fingerprint density at radius 3 is 2.54 bits per heavy atom. The van der Waals surface area contributed by atoms with Crippen LogP contribution in [-0.4, -0.2) is 28.4 Å². The first-order valence-electron chi connectivity index (χ1n) is 9.21. The van der Waals surface area contributed by atoms with Crippen molar-refractivity contribution in [3.8, 4) is 0 Å². The summed E-state index contributed by atoms with van der Waals surface area (Å²) < 4.78 is 45.0. The van der Waals surface area contributed by atoms with Gasteiger partial charge in [-0.1, -0.05) is 13.8 Å². The van der Waals surface area contributed by atoms with Crippen LogP contribution in [0.1, 0.15) is 65.4 Å². The normalized spacial score (nSPS) is 20.7. The largest absolute Gasteiger partial charge is 0.413 e. The molecule has 0 spiro atoms. The van der Waals surface area contributed by atoms with Crippen molar-refractivity contribution in [3.63, 3.8) is 0 Å². The molecule has 2 aromatic heterocycles. The number of hydrogen-bond donors (Lipinski definition) is 2. The lowest BCUT2D eigenvalue weighted by molar-refractivity contribution is -0.0984. The highest BCUT2D eigenvalue weighted by atomic mass is 19.4. The molecule has 0 aliphatic heterocycles. The second kappa shape index (κ2) is 7.37. The van der Waals surface area contributed by atoms with Crippen molar-refractivity contribution in [2.75, 3.05) is 7.11 Å². The van der Waals surface area contributed by atoms with Crippen LogP contribution in [0.4, 0.5) is 13.2 Å². The minimum Gasteiger partial charge on any atom is -0.364 e. The van der Waals surface area contributed by atoms with E-state index >= 15 is 0 Å². The predicted octanol–water partition coefficient (Wildman–Crippen LogP) is 4.95. The maximum Gasteiger partial charge on any atom is 0.413 e. The Hall–Kier alpha value is -2.12. The summed E-state index contributed by atoms with van der Waals surface area (Å²) in [4.78, 5) is 7.50. The van der Waals surface area contributed by atoms with Crippen LogP contribution in [0.15, 0.2) is 17.8 Å². The maximum absolute atomic E-state index is 13.3. The lowest BCUT2D eigenvalue weighted by Crippen LogP contribution is -2.24. The van der Waals surface area contributed by atoms with Crippen molar-refractivity contribution >= 4 is 6.08 Å². The molecule has 0 aromatic carbocycles. The van der Waals surface area contributed by atoms with E-state index in [-0.39, 0.29) is 5.92 Å². The average Bonchev–Trinajstić information content (AvgIpc) is 3.03. The average molecular weight is 394 g/mol. The highest BCUT2D eigenvalue weighted by molar-refractivity contribution is 5.61. The number of nitrogens with zero attached hydrogens (tertiary/aromatic N) is 1. The Morgan fingerprint density at radius 1 is 1.25 bits per heavy atom. The van der Waals surface area contributed by atoms with Crippen molar-refractivity contribution in [1.29, 1.82) is 0 Å². The fourth-order valence-corrected chi connectivity index (χ4v) is 3.92. The summed E-state index contributed by atoms with van der Waals surface area (Å²) in [5, 5.41) is 10.0. The number of methoxy groups -OCH3 is 1. The summed E-state index contributed by atoms with van der Waals surface area (Å²) in [5.74, 6) is -0.829. The summed E-state index contributed by atoms with van der Waals surface area (Å²) in [6, 6.07) is 1.94. The lowest BCUT2D eigenvalue weighted by Gasteiger charge is -2.28. The SMILES string of the molecule is COC(O)c1cnc(C)c(Cc2cc3c([nH]2)C=C(C(F)(F)F)C(C)C3C)c1C. The Morgan fingerprint density at radius 2 is 1.93 bits per heavy atom. The third-order valence-corrected chi connectivity index (χ3v) is 5.87. The van der Waals surface area contributed by atoms with Gasteiger partial charge >= 0.3 is 6.18 Å². The number of H-pyrrole nitrogens is 1. The monoisotopic (exact) mass is 394 g/mol. The summed E-state index contributed by atoms with van der Waals surface area (Å²) in [6.07, 6.45) is -2.10. The Bertz CT molecular complexity index is 915. The topological polar surface area (TPSA) is 58.1 Å². The number of halogens is 3. The van der Waals surface area contributed by atoms with E-state index < -0.39 is 24.0 Å². The number of aromatic nitrogens is 2. The zero-order valence-electron chi connectivity index (χ0n) is 16.6. The molecule has 2 heterocycles. The Labute approximate surface area is 162 Å². The number of nitrogens with one attached hydrogen (secondary N) is 1. The number of hydrogen-bond acceptors (Lipinski definition) is 3. The van der Waals surface area contributed by atoms with Gasteiger partial charge in [0, 0.05) is 47.9 Å². The predicted molar refractivity (Wildman–Crippen MR) is 101 cm³/mol. The number of aliphatic hydroxyl groups is 1. The first kappa shape index (κ1) is 20.6. The van der Waals surface area contributed by atoms with Crippen molar-refractivity contribution in [2.24, 2.45) is 5.92 Å². The van der Waals surface area contributed by atoms with Gasteiger partial charge in [-0.25, -0.2) is 0 Å². The van der Waals surface area contributed by atoms with Crippen molar-refractivity contribution in [3.05, 3.63) is 57.2 Å². The third-order valence-electron chi connectivity index (χ3n) is 5.87. The maximum atomic E-state index is 13.3. The molecule has 4 nitrogen and oxygen atoms in total. The minimum absolute atomic E-state index is 0.233. The van der Waals surface area contributed by atoms with Crippen LogP contribution < -0.4 is 0 Å². The van der Waals surface area contributed by atoms with Crippen molar-refractivity contribution in [1.82, 2.24) is 9.97 Å². The lowest BCUT2D eigenvalue weighted by atomic mass is 9.79. The van der Waals surface area contributed by atoms with E-state index in [0.717, 1.165) is 28.1 Å². The number of aryl methyl sites for hydroxylation is 1. The number of pyridine rings is 1. The molecule has 2 N–H and O–H groups in total. The fourth-order valence-electron chi connectivity index (χ4n) is 3.92. The van der Waals surface area contributed by atoms with E-state index in [9.17, 15) is 18.3 Å². The second-order valence-electron chi connectivity index (χ2n) is 7.51. The number of allylic oxidation sites excluding steroid dienone is 1. The molecule has 0 saturated carbocycles. The van der Waals surface area contributed by atoms with E-state index in [0.29, 0.717) is 17.7 Å². The quantitative estimate of drug-likeness (QED) is 0.721. The van der Waals surface area contributed by atoms with Crippen molar-refractivity contribution in [2.45, 2.75) is 52.5 Å². The number of ether oxygens (including phenoxy) is 1. The fraction of sp³-hybridized carbons (Fsp3) is 0.476. The van der Waals surface area contributed by atoms with Gasteiger partial charge in [-0.3, -0.25) is 4.98 Å². The van der Waals surface area contributed by atoms with E-state index in [1.807, 2.05) is 26.8 Å². The van der Waals surface area contributed by atoms with E-state index in [2.05, 4.69) is 9.97 Å². The van der Waals surface area contributed by atoms with Crippen LogP contribution in [0.25, 0.3) is 6.08 Å². The van der Waals surface area contributed by atoms with Gasteiger partial charge in [0.2, 0.25) is 0 Å². The van der Waals surface area contributed by atoms with Gasteiger partial charge < -0.3 is 14.8 Å². The summed E-state index contributed by atoms with van der Waals surface area (Å²) >= 11 is 0. The summed E-state index contributed by atoms with van der Waals surface area (Å²) in [5.41, 5.74) is 4.91. The van der Waals surface area contributed by atoms with Gasteiger partial charge in [0.15, 0.2) is 6.29 Å². The second-order valence-corrected chi connectivity index (χ2v) is 7.51. The van der Waals surface area contributed by atoms with Crippen molar-refractivity contribution < 1.29 is 23.0 Å². The molecule has 3 atom stereocenters. The smallest absolute Gasteiger partial charge is 0.364 e. The number of alkyl halides is 3. The molecule has 2 aromatic rings. The molecular weight excluding hydrogens is 369 g/mol. The van der Waals surface area contributed by atoms with Crippen LogP contribution in [0.2, 0.25) is 0 Å². The molecule has 0 saturated heterocycles. The molecule has 7 heteroatoms. The van der Waals surface area contributed by atoms with Crippen LogP contribution in [0.5, 0.6) is 0 Å². The van der Waals surface area contributed by atoms with Crippen LogP contribution in [0.3, 0.4) is 0 Å². The van der Waals surface area contributed by atoms with Crippen LogP contribution >= 0.6 is 0 Å². The highest BCUT2D eigenvalue weighted by Crippen LogP contribution is 2.45. The van der Waals surface area contributed by atoms with Gasteiger partial charge in [0.1, 0.15) is 0 Å². The zero-order valence-corrected chi connectivity index (χ0v) is 16.6. The standard InChI is InChI=1S/C21H25F3N2O2/c1-10-11(2)18(21(22,23)24)8-19-16(10)7-14(26-19)6-15-12(3)17(20(27)28-5)9-25-13(15)4/h7-11,20,26-27H,6H2,1-5H3. The highest BCUT2D eigenvalue weighted by Gasteiger charge is 2.41. The molecular formula is C21H25F3N2O2. The van der Waals surface area contributed by atoms with Crippen LogP contribution in [-0.2, 0) is 11.2 Å². The van der Waals surface area contributed by atoms with Gasteiger partial charge in [-0.2, -0.15) is 13.2 Å². The van der Waals surface area contributed by atoms with Gasteiger partial charge in [-0.15, -0.1) is 0 Å². The zero-order chi connectivity index (χ0) is 20.8. The molecule has 3 rings (SSSR count). The number of aromatic amines is 1. The molecule has 0 bridgehead atoms. The van der Waals surface area contributed by atoms with E-state index in [1.165, 1.54) is 13.2 Å².